The molecule has 3 aromatic heterocycles. The molecule has 76 heavy (non-hydrogen) atoms. The van der Waals surface area contributed by atoms with Crippen LogP contribution in [-0.4, -0.2) is 19.9 Å². The number of benzene rings is 4. The summed E-state index contributed by atoms with van der Waals surface area (Å²) >= 11 is 0. The minimum absolute atomic E-state index is 0.198. The Morgan fingerprint density at radius 1 is 0.289 bits per heavy atom. The maximum atomic E-state index is 16.2. The van der Waals surface area contributed by atoms with E-state index in [2.05, 4.69) is 9.97 Å². The second kappa shape index (κ2) is 17.9. The SMILES string of the molecule is N#CC1=Cc2nc1c(-c1c(F)c(F)c(F)c(F)c1F)c1nc(c(-c3c(F)c(F)c(F)c(F)c3F)c3cc(C#N)c([nH]3)c(-c3c(F)c(F)c(F)c(F)c3F)c3cc(C#N)c([nH]3)c2-c2c(F)c(F)c(F)c(F)c2F)C(C#N)=C1. The fourth-order valence-corrected chi connectivity index (χ4v) is 8.21. The van der Waals surface area contributed by atoms with Gasteiger partial charge in [-0.15, -0.1) is 0 Å². The molecule has 0 atom stereocenters. The Kier molecular flexibility index (Phi) is 12.0. The van der Waals surface area contributed by atoms with E-state index in [1.54, 1.807) is 0 Å². The number of fused-ring (bicyclic) bond motifs is 8. The third-order valence-corrected chi connectivity index (χ3v) is 11.5. The smallest absolute Gasteiger partial charge is 0.200 e. The third kappa shape index (κ3) is 7.05. The molecule has 2 aliphatic heterocycles. The number of allylic oxidation sites excluding steroid dienone is 2. The number of nitrogens with one attached hydrogen (secondary N) is 2. The van der Waals surface area contributed by atoms with E-state index >= 15 is 70.2 Å². The number of rotatable bonds is 4. The first-order valence-electron chi connectivity index (χ1n) is 19.9. The first-order valence-corrected chi connectivity index (χ1v) is 19.9. The van der Waals surface area contributed by atoms with Gasteiger partial charge in [-0.1, -0.05) is 0 Å². The summed E-state index contributed by atoms with van der Waals surface area (Å²) in [6, 6.07) is 5.65. The van der Waals surface area contributed by atoms with Crippen LogP contribution >= 0.6 is 0 Å². The van der Waals surface area contributed by atoms with E-state index in [4.69, 9.17) is 0 Å². The van der Waals surface area contributed by atoms with Crippen LogP contribution in [0.2, 0.25) is 0 Å². The molecule has 0 spiro atoms. The van der Waals surface area contributed by atoms with Gasteiger partial charge in [0.25, 0.3) is 0 Å². The van der Waals surface area contributed by atoms with Gasteiger partial charge in [-0.25, -0.2) is 97.8 Å². The molecule has 0 amide bonds. The van der Waals surface area contributed by atoms with E-state index in [0.29, 0.717) is 0 Å². The summed E-state index contributed by atoms with van der Waals surface area (Å²) in [5.74, 6) is -56.8. The van der Waals surface area contributed by atoms with Gasteiger partial charge in [0.2, 0.25) is 23.3 Å². The molecule has 0 aliphatic carbocycles. The maximum Gasteiger partial charge on any atom is 0.200 e. The maximum absolute atomic E-state index is 16.2. The number of aromatic amines is 2. The van der Waals surface area contributed by atoms with Crippen molar-refractivity contribution in [2.45, 2.75) is 0 Å². The lowest BCUT2D eigenvalue weighted by Gasteiger charge is -2.12. The number of hydrogen-bond donors (Lipinski definition) is 2. The van der Waals surface area contributed by atoms with Crippen molar-refractivity contribution in [2.24, 2.45) is 0 Å². The van der Waals surface area contributed by atoms with Crippen molar-refractivity contribution in [2.75, 3.05) is 0 Å². The van der Waals surface area contributed by atoms with Crippen molar-refractivity contribution in [1.82, 2.24) is 19.9 Å². The van der Waals surface area contributed by atoms with Crippen LogP contribution in [0.1, 0.15) is 33.9 Å². The lowest BCUT2D eigenvalue weighted by atomic mass is 9.96. The summed E-state index contributed by atoms with van der Waals surface area (Å²) in [6.45, 7) is 0. The van der Waals surface area contributed by atoms with Gasteiger partial charge in [0.05, 0.1) is 89.4 Å². The summed E-state index contributed by atoms with van der Waals surface area (Å²) in [6.07, 6.45) is 0.401. The average Bonchev–Trinajstić information content (AvgIpc) is 4.25. The molecule has 8 nitrogen and oxygen atoms in total. The molecule has 0 unspecified atom stereocenters. The molecule has 8 bridgehead atoms. The van der Waals surface area contributed by atoms with Crippen molar-refractivity contribution in [3.8, 4) is 68.8 Å². The average molecular weight is 1070 g/mol. The van der Waals surface area contributed by atoms with Gasteiger partial charge >= 0.3 is 0 Å². The Labute approximate surface area is 404 Å². The molecule has 2 N–H and O–H groups in total. The molecule has 0 saturated heterocycles. The van der Waals surface area contributed by atoms with Gasteiger partial charge < -0.3 is 9.97 Å². The lowest BCUT2D eigenvalue weighted by molar-refractivity contribution is 0.381. The van der Waals surface area contributed by atoms with Gasteiger partial charge in [0.15, 0.2) is 93.1 Å². The number of H-pyrrole nitrogens is 2. The predicted octanol–water partition coefficient (Wildman–Crippen LogP) is 13.6. The normalized spacial score (nSPS) is 12.1. The molecule has 0 fully saturated rings. The fourth-order valence-electron chi connectivity index (χ4n) is 8.21. The van der Waals surface area contributed by atoms with Crippen LogP contribution < -0.4 is 0 Å². The van der Waals surface area contributed by atoms with E-state index in [1.165, 1.54) is 24.3 Å². The Hall–Kier alpha value is -9.96. The second-order valence-corrected chi connectivity index (χ2v) is 15.5. The molecular formula is C48H6F20N8. The van der Waals surface area contributed by atoms with Gasteiger partial charge in [-0.2, -0.15) is 21.0 Å². The second-order valence-electron chi connectivity index (χ2n) is 15.5. The number of hydrogen-bond acceptors (Lipinski definition) is 6. The monoisotopic (exact) mass is 1070 g/mol. The first-order chi connectivity index (χ1) is 35.9. The quantitative estimate of drug-likeness (QED) is 0.102. The summed E-state index contributed by atoms with van der Waals surface area (Å²) in [7, 11) is 0. The van der Waals surface area contributed by atoms with E-state index in [0.717, 1.165) is 0 Å². The van der Waals surface area contributed by atoms with Gasteiger partial charge in [0, 0.05) is 22.3 Å². The van der Waals surface area contributed by atoms with Gasteiger partial charge in [0.1, 0.15) is 24.3 Å². The van der Waals surface area contributed by atoms with Crippen LogP contribution in [0, 0.1) is 162 Å². The van der Waals surface area contributed by atoms with Crippen LogP contribution in [0.25, 0.3) is 89.9 Å². The molecular weight excluding hydrogens is 1070 g/mol. The zero-order chi connectivity index (χ0) is 55.6. The Bertz CT molecular complexity index is 4240. The zero-order valence-corrected chi connectivity index (χ0v) is 35.6. The van der Waals surface area contributed by atoms with Crippen molar-refractivity contribution >= 4 is 45.4 Å². The van der Waals surface area contributed by atoms with Crippen LogP contribution in [-0.2, 0) is 0 Å². The number of halogens is 20. The molecule has 378 valence electrons. The topological polar surface area (TPSA) is 153 Å². The molecule has 4 aromatic carbocycles. The third-order valence-electron chi connectivity index (χ3n) is 11.5. The largest absolute Gasteiger partial charge is 0.353 e. The van der Waals surface area contributed by atoms with E-state index < -0.39 is 228 Å². The minimum Gasteiger partial charge on any atom is -0.353 e. The van der Waals surface area contributed by atoms with Crippen molar-refractivity contribution in [3.63, 3.8) is 0 Å². The highest BCUT2D eigenvalue weighted by Gasteiger charge is 2.38. The Balaban J connectivity index is 1.74. The molecule has 7 aromatic rings. The Morgan fingerprint density at radius 3 is 0.868 bits per heavy atom. The van der Waals surface area contributed by atoms with Crippen LogP contribution in [0.3, 0.4) is 0 Å². The number of nitriles is 4. The van der Waals surface area contributed by atoms with Crippen molar-refractivity contribution in [1.29, 1.82) is 21.0 Å². The molecule has 28 heteroatoms. The number of nitrogens with zero attached hydrogens (tertiary/aromatic N) is 6. The molecule has 0 saturated carbocycles. The molecule has 0 radical (unpaired) electrons. The lowest BCUT2D eigenvalue weighted by Crippen LogP contribution is -2.07. The Morgan fingerprint density at radius 2 is 0.539 bits per heavy atom. The summed E-state index contributed by atoms with van der Waals surface area (Å²) in [4.78, 5) is 11.6. The summed E-state index contributed by atoms with van der Waals surface area (Å²) in [5, 5.41) is 41.8. The van der Waals surface area contributed by atoms with Gasteiger partial charge in [-0.05, 0) is 24.3 Å². The van der Waals surface area contributed by atoms with Gasteiger partial charge in [-0.3, -0.25) is 0 Å². The van der Waals surface area contributed by atoms with Crippen molar-refractivity contribution < 1.29 is 87.8 Å². The zero-order valence-electron chi connectivity index (χ0n) is 35.6. The molecule has 2 aliphatic rings. The van der Waals surface area contributed by atoms with E-state index in [9.17, 15) is 38.6 Å². The highest BCUT2D eigenvalue weighted by molar-refractivity contribution is 6.08. The minimum atomic E-state index is -2.89. The predicted molar refractivity (Wildman–Crippen MR) is 218 cm³/mol. The summed E-state index contributed by atoms with van der Waals surface area (Å²) < 4.78 is 309. The summed E-state index contributed by atoms with van der Waals surface area (Å²) in [5.41, 5.74) is -32.3. The van der Waals surface area contributed by atoms with E-state index in [-0.39, 0.29) is 24.3 Å². The molecule has 5 heterocycles. The highest BCUT2D eigenvalue weighted by Crippen LogP contribution is 2.47. The highest BCUT2D eigenvalue weighted by atomic mass is 19.2. The van der Waals surface area contributed by atoms with Crippen LogP contribution in [0.4, 0.5) is 87.8 Å². The van der Waals surface area contributed by atoms with Crippen LogP contribution in [0.15, 0.2) is 12.1 Å². The molecule has 9 rings (SSSR count). The number of aromatic nitrogens is 4. The fraction of sp³-hybridized carbons (Fsp3) is 0. The van der Waals surface area contributed by atoms with Crippen LogP contribution in [0.5, 0.6) is 0 Å². The standard InChI is InChI=1S/C48H6F20N8/c49-25-21(26(50)34(58)41(65)33(25)57)17-13-1-9(5-69)45(73-13)18(22-27(51)35(59)42(66)36(60)28(22)52)14-3-11(7-71)47(75-14)20(24-31(55)39(63)44(68)40(64)32(24)56)16-4-12(8-72)48(76-16)19(15-2-10(6-70)46(17)74-15)23-29(53)37(61)43(67)38(62)30(23)54/h1-4,73-74H. The van der Waals surface area contributed by atoms with Crippen molar-refractivity contribution in [3.05, 3.63) is 162 Å². The first kappa shape index (κ1) is 51.0. The van der Waals surface area contributed by atoms with E-state index in [1.807, 2.05) is 9.97 Å².